The Morgan fingerprint density at radius 1 is 1.67 bits per heavy atom. The van der Waals surface area contributed by atoms with Crippen LogP contribution < -0.4 is 11.1 Å². The largest absolute Gasteiger partial charge is 0.370 e. The molecule has 0 aliphatic carbocycles. The second-order valence-corrected chi connectivity index (χ2v) is 2.39. The first-order valence-electron chi connectivity index (χ1n) is 2.76. The third kappa shape index (κ3) is 1.42. The van der Waals surface area contributed by atoms with E-state index in [-0.39, 0.29) is 5.66 Å². The molecule has 0 spiro atoms. The zero-order chi connectivity index (χ0) is 6.91. The van der Waals surface area contributed by atoms with E-state index in [1.165, 1.54) is 0 Å². The van der Waals surface area contributed by atoms with Crippen molar-refractivity contribution in [1.82, 2.24) is 5.32 Å². The predicted octanol–water partition coefficient (Wildman–Crippen LogP) is -0.331. The van der Waals surface area contributed by atoms with E-state index in [0.29, 0.717) is 5.96 Å². The highest BCUT2D eigenvalue weighted by molar-refractivity contribution is 5.90. The van der Waals surface area contributed by atoms with Gasteiger partial charge in [-0.3, -0.25) is 0 Å². The molecule has 0 aromatic carbocycles. The quantitative estimate of drug-likeness (QED) is 0.466. The van der Waals surface area contributed by atoms with Gasteiger partial charge in [-0.1, -0.05) is 0 Å². The van der Waals surface area contributed by atoms with Crippen molar-refractivity contribution < 1.29 is 0 Å². The fraction of sp³-hybridized carbons (Fsp3) is 0.600. The van der Waals surface area contributed by atoms with E-state index in [2.05, 4.69) is 15.3 Å². The first-order valence-corrected chi connectivity index (χ1v) is 2.76. The Morgan fingerprint density at radius 3 is 2.67 bits per heavy atom. The number of nitrogens with zero attached hydrogens (tertiary/aromatic N) is 2. The molecule has 3 N–H and O–H groups in total. The molecule has 9 heavy (non-hydrogen) atoms. The highest BCUT2D eigenvalue weighted by Gasteiger charge is 2.15. The zero-order valence-corrected chi connectivity index (χ0v) is 5.55. The molecule has 0 unspecified atom stereocenters. The van der Waals surface area contributed by atoms with Crippen LogP contribution in [0, 0.1) is 0 Å². The first kappa shape index (κ1) is 6.07. The van der Waals surface area contributed by atoms with E-state index in [1.807, 2.05) is 13.8 Å². The molecule has 50 valence electrons. The maximum atomic E-state index is 5.36. The predicted molar refractivity (Wildman–Crippen MR) is 37.3 cm³/mol. The van der Waals surface area contributed by atoms with Crippen LogP contribution in [0.3, 0.4) is 0 Å². The molecular formula is C5H10N4. The van der Waals surface area contributed by atoms with Crippen molar-refractivity contribution in [3.63, 3.8) is 0 Å². The number of aliphatic imine (C=N–C) groups is 2. The summed E-state index contributed by atoms with van der Waals surface area (Å²) in [4.78, 5) is 8.01. The number of hydrogen-bond donors (Lipinski definition) is 2. The van der Waals surface area contributed by atoms with Crippen LogP contribution in [0.1, 0.15) is 13.8 Å². The van der Waals surface area contributed by atoms with Crippen LogP contribution in [-0.2, 0) is 0 Å². The Bertz CT molecular complexity index is 168. The molecule has 0 aromatic heterocycles. The average Bonchev–Trinajstić information content (AvgIpc) is 1.60. The summed E-state index contributed by atoms with van der Waals surface area (Å²) in [7, 11) is 0. The standard InChI is InChI=1S/C5H10N4/c1-5(2)8-3-7-4(6)9-5/h3H,1-2H3,(H3,6,7,8,9). The maximum absolute atomic E-state index is 5.36. The Kier molecular flexibility index (Phi) is 1.16. The van der Waals surface area contributed by atoms with Gasteiger partial charge in [0.1, 0.15) is 5.66 Å². The van der Waals surface area contributed by atoms with Crippen molar-refractivity contribution in [1.29, 1.82) is 0 Å². The van der Waals surface area contributed by atoms with Crippen LogP contribution >= 0.6 is 0 Å². The van der Waals surface area contributed by atoms with Crippen molar-refractivity contribution in [2.45, 2.75) is 19.5 Å². The van der Waals surface area contributed by atoms with Crippen molar-refractivity contribution >= 4 is 12.3 Å². The summed E-state index contributed by atoms with van der Waals surface area (Å²) in [6.45, 7) is 3.77. The van der Waals surface area contributed by atoms with Crippen LogP contribution in [-0.4, -0.2) is 18.0 Å². The number of rotatable bonds is 0. The van der Waals surface area contributed by atoms with Crippen LogP contribution in [0.15, 0.2) is 9.98 Å². The topological polar surface area (TPSA) is 62.8 Å². The molecule has 0 atom stereocenters. The molecule has 0 amide bonds. The molecule has 0 saturated heterocycles. The van der Waals surface area contributed by atoms with Gasteiger partial charge in [0.2, 0.25) is 0 Å². The molecule has 4 heteroatoms. The summed E-state index contributed by atoms with van der Waals surface area (Å²) in [5, 5.41) is 2.67. The minimum Gasteiger partial charge on any atom is -0.370 e. The van der Waals surface area contributed by atoms with E-state index in [0.717, 1.165) is 0 Å². The molecule has 0 fully saturated rings. The van der Waals surface area contributed by atoms with Gasteiger partial charge in [0.05, 0.1) is 6.34 Å². The zero-order valence-electron chi connectivity index (χ0n) is 5.55. The van der Waals surface area contributed by atoms with E-state index in [1.54, 1.807) is 6.34 Å². The smallest absolute Gasteiger partial charge is 0.196 e. The van der Waals surface area contributed by atoms with Gasteiger partial charge in [-0.2, -0.15) is 0 Å². The summed E-state index contributed by atoms with van der Waals surface area (Å²) in [6.07, 6.45) is 1.56. The summed E-state index contributed by atoms with van der Waals surface area (Å²) in [5.74, 6) is 0.426. The van der Waals surface area contributed by atoms with Crippen molar-refractivity contribution in [3.8, 4) is 0 Å². The highest BCUT2D eigenvalue weighted by atomic mass is 15.2. The minimum absolute atomic E-state index is 0.380. The molecule has 1 heterocycles. The van der Waals surface area contributed by atoms with E-state index >= 15 is 0 Å². The van der Waals surface area contributed by atoms with Crippen molar-refractivity contribution in [2.24, 2.45) is 15.7 Å². The van der Waals surface area contributed by atoms with E-state index < -0.39 is 0 Å². The maximum Gasteiger partial charge on any atom is 0.196 e. The molecule has 0 bridgehead atoms. The van der Waals surface area contributed by atoms with Gasteiger partial charge < -0.3 is 11.1 Å². The van der Waals surface area contributed by atoms with Crippen LogP contribution in [0.2, 0.25) is 0 Å². The fourth-order valence-electron chi connectivity index (χ4n) is 0.612. The molecular weight excluding hydrogens is 116 g/mol. The lowest BCUT2D eigenvalue weighted by atomic mass is 10.3. The number of nitrogens with one attached hydrogen (secondary N) is 1. The Morgan fingerprint density at radius 2 is 2.33 bits per heavy atom. The lowest BCUT2D eigenvalue weighted by molar-refractivity contribution is 0.545. The fourth-order valence-corrected chi connectivity index (χ4v) is 0.612. The van der Waals surface area contributed by atoms with Gasteiger partial charge in [-0.05, 0) is 13.8 Å². The van der Waals surface area contributed by atoms with Gasteiger partial charge in [-0.15, -0.1) is 0 Å². The second-order valence-electron chi connectivity index (χ2n) is 2.39. The number of guanidine groups is 1. The SMILES string of the molecule is CC1(C)N=CNC(N)=N1. The first-order chi connectivity index (χ1) is 4.10. The van der Waals surface area contributed by atoms with Gasteiger partial charge >= 0.3 is 0 Å². The molecule has 0 saturated carbocycles. The molecule has 1 aliphatic heterocycles. The Hall–Kier alpha value is -1.06. The van der Waals surface area contributed by atoms with Crippen LogP contribution in [0.4, 0.5) is 0 Å². The summed E-state index contributed by atoms with van der Waals surface area (Å²) < 4.78 is 0. The molecule has 1 aliphatic rings. The second kappa shape index (κ2) is 1.72. The number of hydrogen-bond acceptors (Lipinski definition) is 4. The number of nitrogens with two attached hydrogens (primary N) is 1. The Labute approximate surface area is 53.9 Å². The normalized spacial score (nSPS) is 22.7. The lowest BCUT2D eigenvalue weighted by Crippen LogP contribution is -2.38. The van der Waals surface area contributed by atoms with Crippen molar-refractivity contribution in [3.05, 3.63) is 0 Å². The average molecular weight is 126 g/mol. The van der Waals surface area contributed by atoms with Gasteiger partial charge in [0.25, 0.3) is 0 Å². The molecule has 1 rings (SSSR count). The summed E-state index contributed by atoms with van der Waals surface area (Å²) in [5.41, 5.74) is 4.98. The van der Waals surface area contributed by atoms with Gasteiger partial charge in [0, 0.05) is 0 Å². The van der Waals surface area contributed by atoms with Crippen LogP contribution in [0.25, 0.3) is 0 Å². The molecule has 0 radical (unpaired) electrons. The summed E-state index contributed by atoms with van der Waals surface area (Å²) >= 11 is 0. The third-order valence-electron chi connectivity index (χ3n) is 0.987. The van der Waals surface area contributed by atoms with Crippen LogP contribution in [0.5, 0.6) is 0 Å². The monoisotopic (exact) mass is 126 g/mol. The minimum atomic E-state index is -0.380. The van der Waals surface area contributed by atoms with E-state index in [4.69, 9.17) is 5.73 Å². The molecule has 0 aromatic rings. The van der Waals surface area contributed by atoms with Gasteiger partial charge in [-0.25, -0.2) is 9.98 Å². The van der Waals surface area contributed by atoms with E-state index in [9.17, 15) is 0 Å². The molecule has 4 nitrogen and oxygen atoms in total. The third-order valence-corrected chi connectivity index (χ3v) is 0.987. The lowest BCUT2D eigenvalue weighted by Gasteiger charge is -2.18. The van der Waals surface area contributed by atoms with Crippen molar-refractivity contribution in [2.75, 3.05) is 0 Å². The summed E-state index contributed by atoms with van der Waals surface area (Å²) in [6, 6.07) is 0. The highest BCUT2D eigenvalue weighted by Crippen LogP contribution is 2.10. The van der Waals surface area contributed by atoms with Gasteiger partial charge in [0.15, 0.2) is 5.96 Å². The Balaban J connectivity index is 2.78.